The number of aromatic nitrogens is 3. The second kappa shape index (κ2) is 13.8. The molecule has 0 amide bonds. The van der Waals surface area contributed by atoms with E-state index in [0.717, 1.165) is 43.5 Å². The number of ether oxygens (including phenoxy) is 2. The Morgan fingerprint density at radius 1 is 1.02 bits per heavy atom. The van der Waals surface area contributed by atoms with Gasteiger partial charge in [0.05, 0.1) is 17.9 Å². The highest BCUT2D eigenvalue weighted by molar-refractivity contribution is 5.69. The van der Waals surface area contributed by atoms with Crippen LogP contribution in [-0.2, 0) is 41.7 Å². The molecule has 41 heavy (non-hydrogen) atoms. The highest BCUT2D eigenvalue weighted by atomic mass is 19.4. The summed E-state index contributed by atoms with van der Waals surface area (Å²) in [5.74, 6) is -0.462. The molecule has 0 radical (unpaired) electrons. The van der Waals surface area contributed by atoms with E-state index in [-0.39, 0.29) is 30.6 Å². The summed E-state index contributed by atoms with van der Waals surface area (Å²) >= 11 is 0. The zero-order valence-corrected chi connectivity index (χ0v) is 22.4. The maximum Gasteiger partial charge on any atom is 0.416 e. The third kappa shape index (κ3) is 9.06. The molecule has 216 valence electrons. The number of unbranched alkanes of at least 4 members (excludes halogenated alkanes) is 1. The Morgan fingerprint density at radius 3 is 2.54 bits per heavy atom. The molecule has 0 aliphatic rings. The second-order valence-electron chi connectivity index (χ2n) is 9.19. The van der Waals surface area contributed by atoms with Gasteiger partial charge in [0, 0.05) is 17.8 Å². The molecule has 0 aliphatic heterocycles. The molecule has 2 aromatic heterocycles. The highest BCUT2D eigenvalue weighted by Crippen LogP contribution is 2.30. The largest absolute Gasteiger partial charge is 0.487 e. The molecule has 4 rings (SSSR count). The standard InChI is InChI=1S/C30H29F4N3O4/c1-2-39-29(38)18-37-16-15-24(36-37)6-4-3-5-21-7-12-26(13-8-21)40-19-25-20-41-28(35-25)14-10-22-9-11-23(17-27(22)31)30(32,33)34/h7-17,20H,2-6,18-19H2,1H3/b14-10+. The van der Waals surface area contributed by atoms with Crippen LogP contribution in [0.5, 0.6) is 5.75 Å². The molecule has 0 spiro atoms. The lowest BCUT2D eigenvalue weighted by atomic mass is 10.1. The van der Waals surface area contributed by atoms with Crippen molar-refractivity contribution in [1.29, 1.82) is 0 Å². The molecule has 0 saturated heterocycles. The number of nitrogens with zero attached hydrogens (tertiary/aromatic N) is 3. The van der Waals surface area contributed by atoms with Crippen LogP contribution < -0.4 is 4.74 Å². The Labute approximate surface area is 234 Å². The summed E-state index contributed by atoms with van der Waals surface area (Å²) in [5, 5.41) is 4.41. The number of halogens is 4. The Hall–Kier alpha value is -4.41. The molecule has 4 aromatic rings. The third-order valence-electron chi connectivity index (χ3n) is 6.05. The fraction of sp³-hybridized carbons (Fsp3) is 0.300. The summed E-state index contributed by atoms with van der Waals surface area (Å²) in [4.78, 5) is 15.8. The van der Waals surface area contributed by atoms with Crippen LogP contribution >= 0.6 is 0 Å². The first-order valence-electron chi connectivity index (χ1n) is 13.1. The molecule has 11 heteroatoms. The maximum atomic E-state index is 14.0. The summed E-state index contributed by atoms with van der Waals surface area (Å²) in [5.41, 5.74) is 1.55. The zero-order chi connectivity index (χ0) is 29.2. The predicted octanol–water partition coefficient (Wildman–Crippen LogP) is 6.91. The van der Waals surface area contributed by atoms with E-state index in [1.165, 1.54) is 24.0 Å². The van der Waals surface area contributed by atoms with Crippen LogP contribution in [0.4, 0.5) is 17.6 Å². The van der Waals surface area contributed by atoms with E-state index < -0.39 is 17.6 Å². The predicted molar refractivity (Wildman–Crippen MR) is 143 cm³/mol. The van der Waals surface area contributed by atoms with Gasteiger partial charge in [0.1, 0.15) is 36.7 Å². The summed E-state index contributed by atoms with van der Waals surface area (Å²) in [6.45, 7) is 2.38. The summed E-state index contributed by atoms with van der Waals surface area (Å²) in [6.07, 6.45) is 4.92. The molecule has 0 unspecified atom stereocenters. The minimum Gasteiger partial charge on any atom is -0.487 e. The Balaban J connectivity index is 1.18. The molecule has 0 bridgehead atoms. The van der Waals surface area contributed by atoms with Crippen LogP contribution in [-0.4, -0.2) is 27.3 Å². The van der Waals surface area contributed by atoms with Gasteiger partial charge < -0.3 is 13.9 Å². The number of rotatable bonds is 13. The molecular formula is C30H29F4N3O4. The smallest absolute Gasteiger partial charge is 0.416 e. The van der Waals surface area contributed by atoms with E-state index in [9.17, 15) is 22.4 Å². The Morgan fingerprint density at radius 2 is 1.80 bits per heavy atom. The number of esters is 1. The van der Waals surface area contributed by atoms with Crippen molar-refractivity contribution in [3.63, 3.8) is 0 Å². The van der Waals surface area contributed by atoms with E-state index in [2.05, 4.69) is 10.1 Å². The van der Waals surface area contributed by atoms with Gasteiger partial charge in [-0.05, 0) is 74.6 Å². The number of hydrogen-bond donors (Lipinski definition) is 0. The number of oxazole rings is 1. The minimum absolute atomic E-state index is 0.0177. The summed E-state index contributed by atoms with van der Waals surface area (Å²) in [6, 6.07) is 12.0. The van der Waals surface area contributed by atoms with Crippen LogP contribution in [0, 0.1) is 5.82 Å². The fourth-order valence-corrected chi connectivity index (χ4v) is 3.97. The Bertz CT molecular complexity index is 1460. The average Bonchev–Trinajstić information content (AvgIpc) is 3.58. The molecular weight excluding hydrogens is 542 g/mol. The summed E-state index contributed by atoms with van der Waals surface area (Å²) < 4.78 is 69.7. The molecule has 0 saturated carbocycles. The van der Waals surface area contributed by atoms with Crippen molar-refractivity contribution in [3.05, 3.63) is 101 Å². The zero-order valence-electron chi connectivity index (χ0n) is 22.4. The molecule has 2 heterocycles. The summed E-state index contributed by atoms with van der Waals surface area (Å²) in [7, 11) is 0. The Kier molecular flexibility index (Phi) is 9.94. The normalized spacial score (nSPS) is 11.7. The van der Waals surface area contributed by atoms with Gasteiger partial charge in [-0.15, -0.1) is 0 Å². The molecule has 2 aromatic carbocycles. The number of carbonyl (C=O) groups is 1. The number of alkyl halides is 3. The van der Waals surface area contributed by atoms with Crippen molar-refractivity contribution < 1.29 is 36.2 Å². The van der Waals surface area contributed by atoms with Crippen LogP contribution in [0.25, 0.3) is 12.2 Å². The molecule has 0 fully saturated rings. The van der Waals surface area contributed by atoms with Crippen molar-refractivity contribution in [2.45, 2.75) is 51.9 Å². The maximum absolute atomic E-state index is 14.0. The van der Waals surface area contributed by atoms with Crippen LogP contribution in [0.3, 0.4) is 0 Å². The van der Waals surface area contributed by atoms with Crippen LogP contribution in [0.2, 0.25) is 0 Å². The quantitative estimate of drug-likeness (QED) is 0.0986. The first-order chi connectivity index (χ1) is 19.7. The van der Waals surface area contributed by atoms with Gasteiger partial charge in [-0.25, -0.2) is 9.37 Å². The lowest BCUT2D eigenvalue weighted by Gasteiger charge is -2.07. The number of carbonyl (C=O) groups excluding carboxylic acids is 1. The second-order valence-corrected chi connectivity index (χ2v) is 9.19. The first kappa shape index (κ1) is 29.6. The van der Waals surface area contributed by atoms with E-state index >= 15 is 0 Å². The number of hydrogen-bond acceptors (Lipinski definition) is 6. The fourth-order valence-electron chi connectivity index (χ4n) is 3.97. The first-order valence-corrected chi connectivity index (χ1v) is 13.1. The van der Waals surface area contributed by atoms with E-state index in [0.29, 0.717) is 24.1 Å². The number of aryl methyl sites for hydroxylation is 2. The van der Waals surface area contributed by atoms with Gasteiger partial charge in [0.2, 0.25) is 5.89 Å². The van der Waals surface area contributed by atoms with Gasteiger partial charge >= 0.3 is 12.1 Å². The SMILES string of the molecule is CCOC(=O)Cn1ccc(CCCCc2ccc(OCc3coc(/C=C/c4ccc(C(F)(F)F)cc4F)n3)cc2)n1. The van der Waals surface area contributed by atoms with Crippen LogP contribution in [0.1, 0.15) is 53.7 Å². The minimum atomic E-state index is -4.61. The third-order valence-corrected chi connectivity index (χ3v) is 6.05. The van der Waals surface area contributed by atoms with E-state index in [4.69, 9.17) is 13.9 Å². The lowest BCUT2D eigenvalue weighted by Crippen LogP contribution is -2.13. The molecule has 0 N–H and O–H groups in total. The van der Waals surface area contributed by atoms with Crippen molar-refractivity contribution in [3.8, 4) is 5.75 Å². The van der Waals surface area contributed by atoms with E-state index in [1.807, 2.05) is 30.3 Å². The molecule has 0 atom stereocenters. The van der Waals surface area contributed by atoms with Gasteiger partial charge in [0.25, 0.3) is 0 Å². The van der Waals surface area contributed by atoms with E-state index in [1.54, 1.807) is 17.8 Å². The molecule has 7 nitrogen and oxygen atoms in total. The van der Waals surface area contributed by atoms with Gasteiger partial charge in [0.15, 0.2) is 0 Å². The highest BCUT2D eigenvalue weighted by Gasteiger charge is 2.31. The topological polar surface area (TPSA) is 79.4 Å². The van der Waals surface area contributed by atoms with Crippen molar-refractivity contribution in [2.24, 2.45) is 0 Å². The monoisotopic (exact) mass is 571 g/mol. The van der Waals surface area contributed by atoms with Gasteiger partial charge in [-0.2, -0.15) is 18.3 Å². The van der Waals surface area contributed by atoms with Crippen molar-refractivity contribution in [2.75, 3.05) is 6.61 Å². The van der Waals surface area contributed by atoms with Gasteiger partial charge in [-0.1, -0.05) is 18.2 Å². The van der Waals surface area contributed by atoms with Crippen molar-refractivity contribution in [1.82, 2.24) is 14.8 Å². The van der Waals surface area contributed by atoms with Crippen molar-refractivity contribution >= 4 is 18.1 Å². The lowest BCUT2D eigenvalue weighted by molar-refractivity contribution is -0.144. The van der Waals surface area contributed by atoms with Gasteiger partial charge in [-0.3, -0.25) is 9.48 Å². The molecule has 0 aliphatic carbocycles. The van der Waals surface area contributed by atoms with Crippen LogP contribution in [0.15, 0.2) is 65.4 Å². The average molecular weight is 572 g/mol. The number of benzene rings is 2.